The van der Waals surface area contributed by atoms with Gasteiger partial charge in [0.15, 0.2) is 5.82 Å². The minimum absolute atomic E-state index is 0.112. The zero-order valence-electron chi connectivity index (χ0n) is 25.1. The molecule has 1 unspecified atom stereocenters. The van der Waals surface area contributed by atoms with Gasteiger partial charge in [-0.25, -0.2) is 4.98 Å². The van der Waals surface area contributed by atoms with Crippen LogP contribution in [0, 0.1) is 0 Å². The molecule has 3 amide bonds. The number of likely N-dealkylation sites (N-methyl/N-ethyl adjacent to an activating group) is 1. The number of carbonyl (C=O) groups is 3. The third-order valence-electron chi connectivity index (χ3n) is 8.92. The molecule has 13 heteroatoms. The number of imide groups is 1. The van der Waals surface area contributed by atoms with Crippen LogP contribution < -0.4 is 25.8 Å². The van der Waals surface area contributed by atoms with Crippen molar-refractivity contribution in [3.05, 3.63) is 58.9 Å². The van der Waals surface area contributed by atoms with E-state index in [9.17, 15) is 14.4 Å². The van der Waals surface area contributed by atoms with Gasteiger partial charge in [-0.1, -0.05) is 11.6 Å². The molecule has 5 heterocycles. The topological polar surface area (TPSA) is 137 Å². The molecule has 0 aliphatic carbocycles. The second-order valence-electron chi connectivity index (χ2n) is 11.8. The van der Waals surface area contributed by atoms with E-state index in [1.54, 1.807) is 15.8 Å². The molecule has 12 nitrogen and oxygen atoms in total. The second-order valence-corrected chi connectivity index (χ2v) is 12.2. The number of nitrogens with one attached hydrogen (secondary N) is 3. The Morgan fingerprint density at radius 1 is 1.04 bits per heavy atom. The fourth-order valence-electron chi connectivity index (χ4n) is 6.59. The minimum atomic E-state index is -0.425. The number of anilines is 5. The lowest BCUT2D eigenvalue weighted by atomic mass is 9.93. The van der Waals surface area contributed by atoms with Crippen molar-refractivity contribution in [3.63, 3.8) is 0 Å². The third kappa shape index (κ3) is 5.54. The van der Waals surface area contributed by atoms with Gasteiger partial charge in [0.1, 0.15) is 5.02 Å². The number of aryl methyl sites for hydroxylation is 1. The first-order chi connectivity index (χ1) is 21.8. The van der Waals surface area contributed by atoms with Gasteiger partial charge in [0.25, 0.3) is 0 Å². The molecule has 0 radical (unpaired) electrons. The van der Waals surface area contributed by atoms with Gasteiger partial charge >= 0.3 is 0 Å². The van der Waals surface area contributed by atoms with Crippen LogP contribution in [0.4, 0.5) is 28.8 Å². The molecule has 1 atom stereocenters. The number of benzene rings is 2. The molecule has 2 aromatic heterocycles. The van der Waals surface area contributed by atoms with Gasteiger partial charge in [0.05, 0.1) is 29.7 Å². The van der Waals surface area contributed by atoms with E-state index in [4.69, 9.17) is 16.6 Å². The van der Waals surface area contributed by atoms with Crippen LogP contribution >= 0.6 is 11.6 Å². The Morgan fingerprint density at radius 2 is 1.84 bits per heavy atom. The molecule has 45 heavy (non-hydrogen) atoms. The summed E-state index contributed by atoms with van der Waals surface area (Å²) in [5.41, 5.74) is 5.41. The summed E-state index contributed by atoms with van der Waals surface area (Å²) in [5.74, 6) is 0.322. The molecule has 3 N–H and O–H groups in total. The summed E-state index contributed by atoms with van der Waals surface area (Å²) in [6.45, 7) is 4.18. The van der Waals surface area contributed by atoms with E-state index in [0.717, 1.165) is 59.5 Å². The highest BCUT2D eigenvalue weighted by atomic mass is 35.5. The standard InChI is InChI=1S/C32H34ClN9O3/c1-3-42-25-8-5-20(14-18(25)15-28(42)44)36-30-24(33)17-34-32(38-30)41-12-10-19(11-13-41)35-21-4-6-22-26(16-21)40(2)39-29(22)23-7-9-27(43)37-31(23)45/h4-6,8,14,16-17,19,23,35H,3,7,9-13,15H2,1-2H3,(H,34,36,38)(H,37,43,45). The SMILES string of the molecule is CCN1C(=O)Cc2cc(Nc3nc(N4CCC(Nc5ccc6c(C7CCC(=O)NC7=O)nn(C)c6c5)CC4)ncc3Cl)ccc21. The van der Waals surface area contributed by atoms with Crippen molar-refractivity contribution in [1.29, 1.82) is 0 Å². The Morgan fingerprint density at radius 3 is 2.62 bits per heavy atom. The van der Waals surface area contributed by atoms with E-state index < -0.39 is 5.92 Å². The number of amides is 3. The van der Waals surface area contributed by atoms with Crippen LogP contribution in [-0.2, 0) is 27.9 Å². The number of nitrogens with zero attached hydrogens (tertiary/aromatic N) is 6. The van der Waals surface area contributed by atoms with Crippen molar-refractivity contribution in [2.45, 2.75) is 51.0 Å². The van der Waals surface area contributed by atoms with Gasteiger partial charge in [0.2, 0.25) is 23.7 Å². The number of halogens is 1. The van der Waals surface area contributed by atoms with Crippen molar-refractivity contribution in [2.24, 2.45) is 7.05 Å². The average molecular weight is 628 g/mol. The molecule has 0 spiro atoms. The van der Waals surface area contributed by atoms with Gasteiger partial charge in [-0.05, 0) is 68.1 Å². The van der Waals surface area contributed by atoms with Crippen LogP contribution in [-0.4, -0.2) is 63.1 Å². The average Bonchev–Trinajstić information content (AvgIpc) is 3.53. The van der Waals surface area contributed by atoms with E-state index in [2.05, 4.69) is 37.0 Å². The molecule has 4 aromatic rings. The molecule has 3 aliphatic heterocycles. The summed E-state index contributed by atoms with van der Waals surface area (Å²) in [5, 5.41) is 15.4. The summed E-state index contributed by atoms with van der Waals surface area (Å²) in [4.78, 5) is 49.6. The van der Waals surface area contributed by atoms with Crippen LogP contribution in [0.15, 0.2) is 42.6 Å². The zero-order valence-corrected chi connectivity index (χ0v) is 25.9. The van der Waals surface area contributed by atoms with Gasteiger partial charge in [-0.15, -0.1) is 0 Å². The Kier molecular flexibility index (Phi) is 7.52. The molecular weight excluding hydrogens is 594 g/mol. The maximum atomic E-state index is 12.5. The molecule has 0 bridgehead atoms. The molecule has 2 saturated heterocycles. The first-order valence-corrected chi connectivity index (χ1v) is 15.7. The molecule has 7 rings (SSSR count). The van der Waals surface area contributed by atoms with Crippen molar-refractivity contribution in [1.82, 2.24) is 25.1 Å². The van der Waals surface area contributed by atoms with E-state index in [0.29, 0.717) is 48.3 Å². The minimum Gasteiger partial charge on any atom is -0.382 e. The van der Waals surface area contributed by atoms with Crippen LogP contribution in [0.5, 0.6) is 0 Å². The molecule has 232 valence electrons. The summed E-state index contributed by atoms with van der Waals surface area (Å²) in [6, 6.07) is 12.3. The maximum Gasteiger partial charge on any atom is 0.235 e. The zero-order chi connectivity index (χ0) is 31.2. The first kappa shape index (κ1) is 29.0. The number of hydrogen-bond donors (Lipinski definition) is 3. The summed E-state index contributed by atoms with van der Waals surface area (Å²) < 4.78 is 1.80. The van der Waals surface area contributed by atoms with Gasteiger partial charge < -0.3 is 20.4 Å². The second kappa shape index (κ2) is 11.7. The number of carbonyl (C=O) groups excluding carboxylic acids is 3. The van der Waals surface area contributed by atoms with Gasteiger partial charge in [-0.2, -0.15) is 10.1 Å². The predicted molar refractivity (Wildman–Crippen MR) is 173 cm³/mol. The monoisotopic (exact) mass is 627 g/mol. The summed E-state index contributed by atoms with van der Waals surface area (Å²) in [6.07, 6.45) is 4.60. The molecule has 0 saturated carbocycles. The normalized spacial score (nSPS) is 18.8. The van der Waals surface area contributed by atoms with E-state index >= 15 is 0 Å². The Hall–Kier alpha value is -4.71. The quantitative estimate of drug-likeness (QED) is 0.257. The van der Waals surface area contributed by atoms with Crippen LogP contribution in [0.25, 0.3) is 10.9 Å². The van der Waals surface area contributed by atoms with E-state index in [1.807, 2.05) is 44.3 Å². The predicted octanol–water partition coefficient (Wildman–Crippen LogP) is 4.27. The van der Waals surface area contributed by atoms with Crippen molar-refractivity contribution in [3.8, 4) is 0 Å². The fourth-order valence-corrected chi connectivity index (χ4v) is 6.73. The lowest BCUT2D eigenvalue weighted by Gasteiger charge is -2.33. The number of rotatable bonds is 7. The maximum absolute atomic E-state index is 12.5. The number of aromatic nitrogens is 4. The molecule has 2 fully saturated rings. The number of fused-ring (bicyclic) bond motifs is 2. The Balaban J connectivity index is 0.996. The number of hydrogen-bond acceptors (Lipinski definition) is 9. The Labute approximate surface area is 265 Å². The van der Waals surface area contributed by atoms with Crippen molar-refractivity contribution >= 4 is 69.1 Å². The van der Waals surface area contributed by atoms with Crippen molar-refractivity contribution in [2.75, 3.05) is 40.1 Å². The molecular formula is C32H34ClN9O3. The largest absolute Gasteiger partial charge is 0.382 e. The summed E-state index contributed by atoms with van der Waals surface area (Å²) >= 11 is 6.48. The molecule has 3 aliphatic rings. The smallest absolute Gasteiger partial charge is 0.235 e. The summed E-state index contributed by atoms with van der Waals surface area (Å²) in [7, 11) is 1.88. The van der Waals surface area contributed by atoms with Gasteiger partial charge in [-0.3, -0.25) is 24.4 Å². The van der Waals surface area contributed by atoms with Crippen LogP contribution in [0.1, 0.15) is 49.8 Å². The van der Waals surface area contributed by atoms with E-state index in [-0.39, 0.29) is 23.8 Å². The van der Waals surface area contributed by atoms with Crippen molar-refractivity contribution < 1.29 is 14.4 Å². The lowest BCUT2D eigenvalue weighted by molar-refractivity contribution is -0.134. The highest BCUT2D eigenvalue weighted by Gasteiger charge is 2.32. The first-order valence-electron chi connectivity index (χ1n) is 15.3. The van der Waals surface area contributed by atoms with Crippen LogP contribution in [0.3, 0.4) is 0 Å². The Bertz CT molecular complexity index is 1830. The van der Waals surface area contributed by atoms with E-state index in [1.165, 1.54) is 0 Å². The highest BCUT2D eigenvalue weighted by Crippen LogP contribution is 2.34. The molecule has 2 aromatic carbocycles. The van der Waals surface area contributed by atoms with Gasteiger partial charge in [0, 0.05) is 61.6 Å². The fraction of sp³-hybridized carbons (Fsp3) is 0.375. The third-order valence-corrected chi connectivity index (χ3v) is 9.20. The van der Waals surface area contributed by atoms with Crippen LogP contribution in [0.2, 0.25) is 5.02 Å². The number of piperidine rings is 2. The highest BCUT2D eigenvalue weighted by molar-refractivity contribution is 6.32. The lowest BCUT2D eigenvalue weighted by Crippen LogP contribution is -2.40.